The Morgan fingerprint density at radius 2 is 2.18 bits per heavy atom. The first kappa shape index (κ1) is 12.9. The number of nitrogens with zero attached hydrogens (tertiary/aromatic N) is 3. The van der Waals surface area contributed by atoms with Crippen molar-refractivity contribution in [2.24, 2.45) is 0 Å². The predicted molar refractivity (Wildman–Crippen MR) is 69.7 cm³/mol. The predicted octanol–water partition coefficient (Wildman–Crippen LogP) is 1.19. The lowest BCUT2D eigenvalue weighted by Gasteiger charge is -2.27. The molecule has 5 nitrogen and oxygen atoms in total. The molecule has 94 valence electrons. The lowest BCUT2D eigenvalue weighted by atomic mass is 10.3. The molecule has 0 radical (unpaired) electrons. The third-order valence-electron chi connectivity index (χ3n) is 2.43. The third kappa shape index (κ3) is 3.70. The molecule has 1 aromatic heterocycles. The molecule has 1 atom stereocenters. The van der Waals surface area contributed by atoms with Crippen molar-refractivity contribution in [3.05, 3.63) is 17.0 Å². The van der Waals surface area contributed by atoms with E-state index in [2.05, 4.69) is 14.9 Å². The molecule has 0 amide bonds. The highest BCUT2D eigenvalue weighted by Gasteiger charge is 2.17. The zero-order valence-electron chi connectivity index (χ0n) is 9.60. The van der Waals surface area contributed by atoms with Gasteiger partial charge in [-0.25, -0.2) is 9.97 Å². The number of hydrogen-bond acceptors (Lipinski definition) is 5. The lowest BCUT2D eigenvalue weighted by Crippen LogP contribution is -2.36. The van der Waals surface area contributed by atoms with Gasteiger partial charge >= 0.3 is 0 Å². The van der Waals surface area contributed by atoms with Gasteiger partial charge in [0.25, 0.3) is 0 Å². The van der Waals surface area contributed by atoms with Crippen LogP contribution in [0, 0.1) is 0 Å². The number of ether oxygens (including phenoxy) is 1. The minimum Gasteiger partial charge on any atom is -0.378 e. The van der Waals surface area contributed by atoms with Crippen LogP contribution < -0.4 is 4.90 Å². The van der Waals surface area contributed by atoms with E-state index in [4.69, 9.17) is 16.3 Å². The van der Waals surface area contributed by atoms with Gasteiger partial charge in [-0.2, -0.15) is 4.55 Å². The van der Waals surface area contributed by atoms with Crippen LogP contribution in [0.15, 0.2) is 6.07 Å². The van der Waals surface area contributed by atoms with Gasteiger partial charge in [-0.15, -0.1) is 0 Å². The van der Waals surface area contributed by atoms with Crippen LogP contribution in [0.1, 0.15) is 5.69 Å². The van der Waals surface area contributed by atoms with E-state index in [-0.39, 0.29) is 5.28 Å². The van der Waals surface area contributed by atoms with Crippen LogP contribution in [0.2, 0.25) is 5.28 Å². The molecule has 0 spiro atoms. The standard InChI is InChI=1S/C10H15ClN3O2S/c1-17(15)7-8-6-9(13-10(11)12-8)14-2-4-16-5-3-14/h6,15H,2-5,7H2,1H3/q+1. The first-order valence-corrected chi connectivity index (χ1v) is 7.46. The first-order valence-electron chi connectivity index (χ1n) is 5.33. The monoisotopic (exact) mass is 276 g/mol. The van der Waals surface area contributed by atoms with E-state index in [0.29, 0.717) is 19.0 Å². The quantitative estimate of drug-likeness (QED) is 0.664. The molecular formula is C10H15ClN3O2S+. The van der Waals surface area contributed by atoms with Crippen LogP contribution in [0.4, 0.5) is 5.82 Å². The molecule has 0 aliphatic carbocycles. The van der Waals surface area contributed by atoms with E-state index < -0.39 is 11.2 Å². The minimum atomic E-state index is -0.680. The van der Waals surface area contributed by atoms with Crippen LogP contribution in [0.5, 0.6) is 0 Å². The van der Waals surface area contributed by atoms with E-state index in [0.717, 1.165) is 24.6 Å². The Morgan fingerprint density at radius 3 is 2.82 bits per heavy atom. The topological polar surface area (TPSA) is 58.5 Å². The molecular weight excluding hydrogens is 262 g/mol. The van der Waals surface area contributed by atoms with Crippen LogP contribution in [0.25, 0.3) is 0 Å². The normalized spacial score (nSPS) is 18.2. The number of anilines is 1. The van der Waals surface area contributed by atoms with Crippen molar-refractivity contribution in [2.45, 2.75) is 5.75 Å². The fraction of sp³-hybridized carbons (Fsp3) is 0.600. The van der Waals surface area contributed by atoms with Crippen molar-refractivity contribution < 1.29 is 9.29 Å². The molecule has 0 saturated carbocycles. The number of halogens is 1. The molecule has 1 unspecified atom stereocenters. The lowest BCUT2D eigenvalue weighted by molar-refractivity contribution is 0.122. The zero-order valence-corrected chi connectivity index (χ0v) is 11.2. The summed E-state index contributed by atoms with van der Waals surface area (Å²) in [5, 5.41) is 0.231. The van der Waals surface area contributed by atoms with Crippen molar-refractivity contribution in [3.8, 4) is 0 Å². The molecule has 7 heteroatoms. The van der Waals surface area contributed by atoms with Gasteiger partial charge in [0.1, 0.15) is 23.2 Å². The Hall–Kier alpha value is -0.560. The molecule has 2 heterocycles. The molecule has 1 fully saturated rings. The largest absolute Gasteiger partial charge is 0.378 e. The van der Waals surface area contributed by atoms with Crippen molar-refractivity contribution >= 4 is 28.6 Å². The van der Waals surface area contributed by atoms with E-state index in [1.165, 1.54) is 0 Å². The highest BCUT2D eigenvalue weighted by atomic mass is 35.5. The van der Waals surface area contributed by atoms with Gasteiger partial charge in [0, 0.05) is 19.2 Å². The Morgan fingerprint density at radius 1 is 1.47 bits per heavy atom. The summed E-state index contributed by atoms with van der Waals surface area (Å²) in [4.78, 5) is 10.4. The second-order valence-electron chi connectivity index (χ2n) is 3.83. The Labute approximate surface area is 108 Å². The van der Waals surface area contributed by atoms with Gasteiger partial charge in [-0.3, -0.25) is 0 Å². The number of morpholine rings is 1. The summed E-state index contributed by atoms with van der Waals surface area (Å²) in [6.45, 7) is 3.03. The van der Waals surface area contributed by atoms with E-state index >= 15 is 0 Å². The summed E-state index contributed by atoms with van der Waals surface area (Å²) in [5.41, 5.74) is 0.778. The maximum absolute atomic E-state index is 9.39. The summed E-state index contributed by atoms with van der Waals surface area (Å²) in [7, 11) is 0. The maximum Gasteiger partial charge on any atom is 0.224 e. The van der Waals surface area contributed by atoms with Crippen molar-refractivity contribution in [3.63, 3.8) is 0 Å². The summed E-state index contributed by atoms with van der Waals surface area (Å²) in [6, 6.07) is 1.89. The fourth-order valence-electron chi connectivity index (χ4n) is 1.69. The highest BCUT2D eigenvalue weighted by molar-refractivity contribution is 7.89. The number of rotatable bonds is 3. The minimum absolute atomic E-state index is 0.231. The van der Waals surface area contributed by atoms with E-state index in [1.807, 2.05) is 6.07 Å². The summed E-state index contributed by atoms with van der Waals surface area (Å²) >= 11 is 5.21. The number of aromatic nitrogens is 2. The molecule has 1 aromatic rings. The van der Waals surface area contributed by atoms with E-state index in [1.54, 1.807) is 6.26 Å². The molecule has 1 saturated heterocycles. The van der Waals surface area contributed by atoms with Crippen LogP contribution in [0.3, 0.4) is 0 Å². The number of hydrogen-bond donors (Lipinski definition) is 1. The summed E-state index contributed by atoms with van der Waals surface area (Å²) in [6.07, 6.45) is 1.75. The van der Waals surface area contributed by atoms with Crippen molar-refractivity contribution in [2.75, 3.05) is 37.5 Å². The second-order valence-corrected chi connectivity index (χ2v) is 5.66. The molecule has 0 bridgehead atoms. The molecule has 1 aliphatic heterocycles. The zero-order chi connectivity index (χ0) is 12.3. The first-order chi connectivity index (χ1) is 8.15. The van der Waals surface area contributed by atoms with Gasteiger partial charge in [0.2, 0.25) is 5.28 Å². The van der Waals surface area contributed by atoms with Crippen molar-refractivity contribution in [1.82, 2.24) is 9.97 Å². The van der Waals surface area contributed by atoms with Gasteiger partial charge in [-0.1, -0.05) is 0 Å². The van der Waals surface area contributed by atoms with E-state index in [9.17, 15) is 4.55 Å². The molecule has 1 N–H and O–H groups in total. The highest BCUT2D eigenvalue weighted by Crippen LogP contribution is 2.17. The van der Waals surface area contributed by atoms with Crippen LogP contribution >= 0.6 is 11.6 Å². The molecule has 2 rings (SSSR count). The Balaban J connectivity index is 2.18. The van der Waals surface area contributed by atoms with Gasteiger partial charge in [0.05, 0.1) is 18.9 Å². The average molecular weight is 277 g/mol. The van der Waals surface area contributed by atoms with Crippen molar-refractivity contribution in [1.29, 1.82) is 0 Å². The summed E-state index contributed by atoms with van der Waals surface area (Å²) < 4.78 is 14.7. The molecule has 0 aromatic carbocycles. The Bertz CT molecular complexity index is 386. The smallest absolute Gasteiger partial charge is 0.224 e. The van der Waals surface area contributed by atoms with Gasteiger partial charge in [-0.05, 0) is 11.6 Å². The van der Waals surface area contributed by atoms with Gasteiger partial charge < -0.3 is 9.64 Å². The fourth-order valence-corrected chi connectivity index (χ4v) is 2.47. The second kappa shape index (κ2) is 5.86. The van der Waals surface area contributed by atoms with Crippen LogP contribution in [-0.4, -0.2) is 47.1 Å². The van der Waals surface area contributed by atoms with Crippen LogP contribution in [-0.2, 0) is 21.7 Å². The average Bonchev–Trinajstić information content (AvgIpc) is 2.28. The SMILES string of the molecule is C[S+](O)Cc1cc(N2CCOCC2)nc(Cl)n1. The molecule has 17 heavy (non-hydrogen) atoms. The van der Waals surface area contributed by atoms with Gasteiger partial charge in [0.15, 0.2) is 5.75 Å². The summed E-state index contributed by atoms with van der Waals surface area (Å²) in [5.74, 6) is 1.33. The maximum atomic E-state index is 9.39. The molecule has 1 aliphatic rings. The Kier molecular flexibility index (Phi) is 4.44. The third-order valence-corrected chi connectivity index (χ3v) is 3.31.